The van der Waals surface area contributed by atoms with Crippen LogP contribution >= 0.6 is 0 Å². The average molecular weight is 536 g/mol. The van der Waals surface area contributed by atoms with Crippen molar-refractivity contribution in [2.45, 2.75) is 77.7 Å². The molecule has 1 aromatic carbocycles. The van der Waals surface area contributed by atoms with E-state index < -0.39 is 0 Å². The molecule has 0 bridgehead atoms. The van der Waals surface area contributed by atoms with Crippen molar-refractivity contribution in [2.24, 2.45) is 0 Å². The zero-order chi connectivity index (χ0) is 27.9. The molecule has 0 spiro atoms. The number of rotatable bonds is 17. The van der Waals surface area contributed by atoms with Crippen molar-refractivity contribution in [2.75, 3.05) is 13.1 Å². The van der Waals surface area contributed by atoms with Crippen LogP contribution in [0.4, 0.5) is 0 Å². The minimum absolute atomic E-state index is 0.0516. The maximum absolute atomic E-state index is 12.1. The van der Waals surface area contributed by atoms with E-state index in [0.29, 0.717) is 31.0 Å². The third kappa shape index (κ3) is 10.7. The zero-order valence-electron chi connectivity index (χ0n) is 22.5. The molecule has 2 N–H and O–H groups in total. The van der Waals surface area contributed by atoms with Crippen LogP contribution in [0.25, 0.3) is 11.4 Å². The van der Waals surface area contributed by atoms with Gasteiger partial charge in [-0.15, -0.1) is 20.4 Å². The number of nitrogens with one attached hydrogen (secondary N) is 2. The lowest BCUT2D eigenvalue weighted by atomic mass is 10.1. The highest BCUT2D eigenvalue weighted by Crippen LogP contribution is 2.14. The molecule has 11 heteroatoms. The summed E-state index contributed by atoms with van der Waals surface area (Å²) in [6.45, 7) is 2.70. The smallest absolute Gasteiger partial charge is 0.253 e. The molecule has 208 valence electrons. The first-order valence-corrected chi connectivity index (χ1v) is 13.6. The second kappa shape index (κ2) is 16.1. The minimum Gasteiger partial charge on any atom is -0.354 e. The van der Waals surface area contributed by atoms with E-state index in [-0.39, 0.29) is 36.7 Å². The Morgan fingerprint density at radius 2 is 1.23 bits per heavy atom. The van der Waals surface area contributed by atoms with Crippen LogP contribution < -0.4 is 10.6 Å². The lowest BCUT2D eigenvalue weighted by Crippen LogP contribution is -2.38. The SMILES string of the molecule is Cc1nnc(-c2ccc(CNC(=O)CCCCCCCCCCC(=O)NCCN3C(=O)C=CC3=O)cc2)nn1. The lowest BCUT2D eigenvalue weighted by molar-refractivity contribution is -0.137. The van der Waals surface area contributed by atoms with E-state index in [4.69, 9.17) is 0 Å². The van der Waals surface area contributed by atoms with E-state index >= 15 is 0 Å². The minimum atomic E-state index is -0.332. The van der Waals surface area contributed by atoms with Crippen LogP contribution in [0, 0.1) is 6.92 Å². The summed E-state index contributed by atoms with van der Waals surface area (Å²) in [4.78, 5) is 48.1. The number of hydrogen-bond acceptors (Lipinski definition) is 8. The molecular weight excluding hydrogens is 498 g/mol. The molecule has 0 fully saturated rings. The third-order valence-electron chi connectivity index (χ3n) is 6.40. The van der Waals surface area contributed by atoms with E-state index in [0.717, 1.165) is 67.4 Å². The quantitative estimate of drug-likeness (QED) is 0.232. The molecule has 1 aliphatic rings. The first-order chi connectivity index (χ1) is 18.9. The predicted molar refractivity (Wildman–Crippen MR) is 145 cm³/mol. The third-order valence-corrected chi connectivity index (χ3v) is 6.40. The Bertz CT molecular complexity index is 1120. The molecule has 0 atom stereocenters. The summed E-state index contributed by atoms with van der Waals surface area (Å²) in [6.07, 6.45) is 11.6. The second-order valence-electron chi connectivity index (χ2n) is 9.58. The monoisotopic (exact) mass is 535 g/mol. The fraction of sp³-hybridized carbons (Fsp3) is 0.500. The van der Waals surface area contributed by atoms with Crippen molar-refractivity contribution >= 4 is 23.6 Å². The Morgan fingerprint density at radius 1 is 0.718 bits per heavy atom. The Kier molecular flexibility index (Phi) is 12.2. The van der Waals surface area contributed by atoms with Crippen LogP contribution in [0.1, 0.15) is 75.6 Å². The van der Waals surface area contributed by atoms with Crippen LogP contribution in [0.15, 0.2) is 36.4 Å². The highest BCUT2D eigenvalue weighted by molar-refractivity contribution is 6.12. The van der Waals surface area contributed by atoms with Crippen molar-refractivity contribution in [3.05, 3.63) is 47.8 Å². The molecule has 2 aromatic rings. The van der Waals surface area contributed by atoms with Gasteiger partial charge in [-0.2, -0.15) is 0 Å². The van der Waals surface area contributed by atoms with Crippen LogP contribution in [0.5, 0.6) is 0 Å². The summed E-state index contributed by atoms with van der Waals surface area (Å²) in [6, 6.07) is 7.66. The molecule has 11 nitrogen and oxygen atoms in total. The van der Waals surface area contributed by atoms with Gasteiger partial charge < -0.3 is 10.6 Å². The Balaban J connectivity index is 1.12. The number of carbonyl (C=O) groups is 4. The predicted octanol–water partition coefficient (Wildman–Crippen LogP) is 2.80. The topological polar surface area (TPSA) is 147 Å². The number of carbonyl (C=O) groups excluding carboxylic acids is 4. The van der Waals surface area contributed by atoms with Crippen LogP contribution in [0.2, 0.25) is 0 Å². The van der Waals surface area contributed by atoms with E-state index in [9.17, 15) is 19.2 Å². The maximum Gasteiger partial charge on any atom is 0.253 e. The van der Waals surface area contributed by atoms with Gasteiger partial charge in [0.25, 0.3) is 11.8 Å². The first-order valence-electron chi connectivity index (χ1n) is 13.6. The van der Waals surface area contributed by atoms with Gasteiger partial charge in [-0.3, -0.25) is 24.1 Å². The van der Waals surface area contributed by atoms with Crippen molar-refractivity contribution in [3.8, 4) is 11.4 Å². The summed E-state index contributed by atoms with van der Waals surface area (Å²) < 4.78 is 0. The van der Waals surface area contributed by atoms with E-state index in [1.54, 1.807) is 6.92 Å². The van der Waals surface area contributed by atoms with E-state index in [1.807, 2.05) is 24.3 Å². The van der Waals surface area contributed by atoms with Gasteiger partial charge in [0.1, 0.15) is 0 Å². The van der Waals surface area contributed by atoms with Crippen LogP contribution in [-0.4, -0.2) is 62.0 Å². The van der Waals surface area contributed by atoms with Gasteiger partial charge in [-0.25, -0.2) is 0 Å². The van der Waals surface area contributed by atoms with Gasteiger partial charge in [0.2, 0.25) is 17.6 Å². The number of unbranched alkanes of at least 4 members (excludes halogenated alkanes) is 7. The molecule has 0 unspecified atom stereocenters. The lowest BCUT2D eigenvalue weighted by Gasteiger charge is -2.13. The van der Waals surface area contributed by atoms with Crippen molar-refractivity contribution in [3.63, 3.8) is 0 Å². The number of hydrogen-bond donors (Lipinski definition) is 2. The standard InChI is InChI=1S/C28H37N7O4/c1-21-31-33-28(34-32-21)23-14-12-22(13-15-23)20-30-25(37)11-9-7-5-3-2-4-6-8-10-24(36)29-18-19-35-26(38)16-17-27(35)39/h12-17H,2-11,18-20H2,1H3,(H,29,36)(H,30,37). The molecule has 39 heavy (non-hydrogen) atoms. The van der Waals surface area contributed by atoms with Gasteiger partial charge in [0.05, 0.1) is 0 Å². The largest absolute Gasteiger partial charge is 0.354 e. The fourth-order valence-corrected chi connectivity index (χ4v) is 4.13. The molecule has 1 aromatic heterocycles. The van der Waals surface area contributed by atoms with E-state index in [2.05, 4.69) is 31.0 Å². The molecule has 0 radical (unpaired) electrons. The normalized spacial score (nSPS) is 12.7. The molecule has 0 aliphatic carbocycles. The zero-order valence-corrected chi connectivity index (χ0v) is 22.5. The number of aromatic nitrogens is 4. The molecule has 3 rings (SSSR count). The summed E-state index contributed by atoms with van der Waals surface area (Å²) in [5, 5.41) is 21.6. The summed E-state index contributed by atoms with van der Waals surface area (Å²) >= 11 is 0. The number of amides is 4. The number of benzene rings is 1. The molecule has 0 saturated carbocycles. The van der Waals surface area contributed by atoms with Crippen molar-refractivity contribution in [1.29, 1.82) is 0 Å². The molecule has 2 heterocycles. The summed E-state index contributed by atoms with van der Waals surface area (Å²) in [5.41, 5.74) is 1.83. The Labute approximate surface area is 228 Å². The summed E-state index contributed by atoms with van der Waals surface area (Å²) in [5.74, 6) is 0.343. The van der Waals surface area contributed by atoms with Gasteiger partial charge in [-0.1, -0.05) is 62.8 Å². The average Bonchev–Trinajstić information content (AvgIpc) is 3.26. The van der Waals surface area contributed by atoms with Gasteiger partial charge >= 0.3 is 0 Å². The molecular formula is C28H37N7O4. The maximum atomic E-state index is 12.1. The Morgan fingerprint density at radius 3 is 1.79 bits per heavy atom. The number of aryl methyl sites for hydroxylation is 1. The van der Waals surface area contributed by atoms with Gasteiger partial charge in [0, 0.05) is 50.2 Å². The molecule has 1 aliphatic heterocycles. The van der Waals surface area contributed by atoms with Gasteiger partial charge in [0.15, 0.2) is 5.82 Å². The number of nitrogens with zero attached hydrogens (tertiary/aromatic N) is 5. The van der Waals surface area contributed by atoms with Crippen molar-refractivity contribution in [1.82, 2.24) is 35.9 Å². The Hall–Kier alpha value is -4.02. The van der Waals surface area contributed by atoms with E-state index in [1.165, 1.54) is 12.2 Å². The summed E-state index contributed by atoms with van der Waals surface area (Å²) in [7, 11) is 0. The highest BCUT2D eigenvalue weighted by Gasteiger charge is 2.22. The van der Waals surface area contributed by atoms with Crippen LogP contribution in [-0.2, 0) is 25.7 Å². The molecule has 0 saturated heterocycles. The van der Waals surface area contributed by atoms with Crippen molar-refractivity contribution < 1.29 is 19.2 Å². The fourth-order valence-electron chi connectivity index (χ4n) is 4.13. The highest BCUT2D eigenvalue weighted by atomic mass is 16.2. The second-order valence-corrected chi connectivity index (χ2v) is 9.58. The first kappa shape index (κ1) is 29.5. The van der Waals surface area contributed by atoms with Crippen LogP contribution in [0.3, 0.4) is 0 Å². The van der Waals surface area contributed by atoms with Gasteiger partial charge in [-0.05, 0) is 25.3 Å². The molecule has 4 amide bonds. The number of imide groups is 1.